The van der Waals surface area contributed by atoms with Crippen molar-refractivity contribution in [2.75, 3.05) is 20.2 Å². The van der Waals surface area contributed by atoms with Gasteiger partial charge in [-0.1, -0.05) is 12.1 Å². The molecule has 1 amide bonds. The maximum atomic E-state index is 11.5. The van der Waals surface area contributed by atoms with E-state index in [2.05, 4.69) is 22.8 Å². The number of rotatable bonds is 7. The topological polar surface area (TPSA) is 50.4 Å². The molecule has 19 heavy (non-hydrogen) atoms. The van der Waals surface area contributed by atoms with Crippen LogP contribution in [-0.4, -0.2) is 26.1 Å². The molecule has 1 aliphatic carbocycles. The van der Waals surface area contributed by atoms with E-state index >= 15 is 0 Å². The van der Waals surface area contributed by atoms with Gasteiger partial charge in [0, 0.05) is 12.6 Å². The highest BCUT2D eigenvalue weighted by atomic mass is 16.5. The number of benzene rings is 1. The molecule has 2 N–H and O–H groups in total. The highest BCUT2D eigenvalue weighted by molar-refractivity contribution is 5.77. The predicted octanol–water partition coefficient (Wildman–Crippen LogP) is 1.87. The first kappa shape index (κ1) is 13.9. The zero-order chi connectivity index (χ0) is 13.7. The van der Waals surface area contributed by atoms with Gasteiger partial charge in [0.2, 0.25) is 5.91 Å². The van der Waals surface area contributed by atoms with Crippen molar-refractivity contribution in [1.29, 1.82) is 0 Å². The smallest absolute Gasteiger partial charge is 0.233 e. The van der Waals surface area contributed by atoms with Crippen LogP contribution in [0.25, 0.3) is 0 Å². The van der Waals surface area contributed by atoms with Crippen LogP contribution in [0.1, 0.15) is 31.4 Å². The van der Waals surface area contributed by atoms with Gasteiger partial charge in [-0.05, 0) is 43.4 Å². The van der Waals surface area contributed by atoms with Crippen LogP contribution in [-0.2, 0) is 4.79 Å². The largest absolute Gasteiger partial charge is 0.497 e. The highest BCUT2D eigenvalue weighted by Crippen LogP contribution is 2.41. The van der Waals surface area contributed by atoms with E-state index in [4.69, 9.17) is 4.74 Å². The van der Waals surface area contributed by atoms with Gasteiger partial charge < -0.3 is 15.4 Å². The van der Waals surface area contributed by atoms with E-state index in [-0.39, 0.29) is 11.9 Å². The van der Waals surface area contributed by atoms with Gasteiger partial charge in [-0.25, -0.2) is 0 Å². The van der Waals surface area contributed by atoms with E-state index in [1.165, 1.54) is 18.4 Å². The lowest BCUT2D eigenvalue weighted by atomic mass is 10.0. The van der Waals surface area contributed by atoms with Crippen molar-refractivity contribution < 1.29 is 9.53 Å². The van der Waals surface area contributed by atoms with Crippen LogP contribution in [0.4, 0.5) is 0 Å². The third kappa shape index (κ3) is 3.96. The van der Waals surface area contributed by atoms with Crippen molar-refractivity contribution >= 4 is 5.91 Å². The lowest BCUT2D eigenvalue weighted by Crippen LogP contribution is -2.36. The molecule has 1 fully saturated rings. The number of carbonyl (C=O) groups excluding carboxylic acids is 1. The van der Waals surface area contributed by atoms with Crippen LogP contribution in [0.3, 0.4) is 0 Å². The first-order chi connectivity index (χ1) is 9.24. The normalized spacial score (nSPS) is 15.9. The second-order valence-corrected chi connectivity index (χ2v) is 4.92. The molecule has 1 aromatic rings. The number of hydrogen-bond acceptors (Lipinski definition) is 3. The van der Waals surface area contributed by atoms with Gasteiger partial charge in [-0.3, -0.25) is 4.79 Å². The predicted molar refractivity (Wildman–Crippen MR) is 75.1 cm³/mol. The van der Waals surface area contributed by atoms with Crippen molar-refractivity contribution in [3.8, 4) is 5.75 Å². The van der Waals surface area contributed by atoms with Crippen molar-refractivity contribution in [2.24, 2.45) is 5.92 Å². The van der Waals surface area contributed by atoms with Crippen molar-refractivity contribution in [3.63, 3.8) is 0 Å². The van der Waals surface area contributed by atoms with E-state index in [9.17, 15) is 4.79 Å². The Hall–Kier alpha value is -1.55. The zero-order valence-corrected chi connectivity index (χ0v) is 11.6. The van der Waals surface area contributed by atoms with E-state index in [0.29, 0.717) is 19.0 Å². The Labute approximate surface area is 114 Å². The summed E-state index contributed by atoms with van der Waals surface area (Å²) < 4.78 is 5.17. The summed E-state index contributed by atoms with van der Waals surface area (Å²) in [4.78, 5) is 11.5. The third-order valence-electron chi connectivity index (χ3n) is 3.42. The van der Waals surface area contributed by atoms with Gasteiger partial charge in [0.25, 0.3) is 0 Å². The Morgan fingerprint density at radius 1 is 1.37 bits per heavy atom. The van der Waals surface area contributed by atoms with Crippen LogP contribution in [0.2, 0.25) is 0 Å². The van der Waals surface area contributed by atoms with Crippen molar-refractivity contribution in [1.82, 2.24) is 10.6 Å². The van der Waals surface area contributed by atoms with Crippen molar-refractivity contribution in [3.05, 3.63) is 29.8 Å². The summed E-state index contributed by atoms with van der Waals surface area (Å²) in [5.41, 5.74) is 1.23. The Morgan fingerprint density at radius 3 is 2.58 bits per heavy atom. The van der Waals surface area contributed by atoms with Gasteiger partial charge in [-0.15, -0.1) is 0 Å². The highest BCUT2D eigenvalue weighted by Gasteiger charge is 2.32. The average Bonchev–Trinajstić information content (AvgIpc) is 3.25. The molecule has 4 heteroatoms. The quantitative estimate of drug-likeness (QED) is 0.788. The Balaban J connectivity index is 1.96. The Morgan fingerprint density at radius 2 is 2.05 bits per heavy atom. The van der Waals surface area contributed by atoms with Gasteiger partial charge in [-0.2, -0.15) is 0 Å². The summed E-state index contributed by atoms with van der Waals surface area (Å²) in [5, 5.41) is 6.18. The molecule has 104 valence electrons. The van der Waals surface area contributed by atoms with Gasteiger partial charge in [0.1, 0.15) is 5.75 Å². The maximum Gasteiger partial charge on any atom is 0.233 e. The van der Waals surface area contributed by atoms with Crippen LogP contribution in [0, 0.1) is 5.92 Å². The molecule has 0 heterocycles. The molecule has 0 saturated heterocycles. The SMILES string of the molecule is CCNC(=O)CNC(c1ccc(OC)cc1)C1CC1. The molecule has 1 atom stereocenters. The van der Waals surface area contributed by atoms with Crippen LogP contribution < -0.4 is 15.4 Å². The Bertz CT molecular complexity index is 413. The fourth-order valence-corrected chi connectivity index (χ4v) is 2.26. The number of likely N-dealkylation sites (N-methyl/N-ethyl adjacent to an activating group) is 1. The minimum atomic E-state index is 0.0571. The van der Waals surface area contributed by atoms with E-state index in [1.54, 1.807) is 7.11 Å². The maximum absolute atomic E-state index is 11.5. The van der Waals surface area contributed by atoms with Gasteiger partial charge >= 0.3 is 0 Å². The second kappa shape index (κ2) is 6.57. The summed E-state index contributed by atoms with van der Waals surface area (Å²) in [6, 6.07) is 8.37. The average molecular weight is 262 g/mol. The lowest BCUT2D eigenvalue weighted by Gasteiger charge is -2.18. The number of hydrogen-bond donors (Lipinski definition) is 2. The van der Waals surface area contributed by atoms with Gasteiger partial charge in [0.15, 0.2) is 0 Å². The van der Waals surface area contributed by atoms with Crippen LogP contribution in [0.5, 0.6) is 5.75 Å². The molecule has 1 saturated carbocycles. The van der Waals surface area contributed by atoms with E-state index in [0.717, 1.165) is 5.75 Å². The number of ether oxygens (including phenoxy) is 1. The first-order valence-electron chi connectivity index (χ1n) is 6.88. The summed E-state index contributed by atoms with van der Waals surface area (Å²) in [7, 11) is 1.67. The third-order valence-corrected chi connectivity index (χ3v) is 3.42. The molecule has 0 spiro atoms. The van der Waals surface area contributed by atoms with Crippen LogP contribution >= 0.6 is 0 Å². The molecule has 1 unspecified atom stereocenters. The molecule has 0 aliphatic heterocycles. The molecule has 0 radical (unpaired) electrons. The summed E-state index contributed by atoms with van der Waals surface area (Å²) in [5.74, 6) is 1.58. The molecule has 1 aromatic carbocycles. The monoisotopic (exact) mass is 262 g/mol. The minimum absolute atomic E-state index is 0.0571. The zero-order valence-electron chi connectivity index (χ0n) is 11.6. The summed E-state index contributed by atoms with van der Waals surface area (Å²) in [6.07, 6.45) is 2.47. The molecule has 2 rings (SSSR count). The second-order valence-electron chi connectivity index (χ2n) is 4.92. The molecule has 0 aromatic heterocycles. The first-order valence-corrected chi connectivity index (χ1v) is 6.88. The fourth-order valence-electron chi connectivity index (χ4n) is 2.26. The number of methoxy groups -OCH3 is 1. The molecular formula is C15H22N2O2. The molecule has 4 nitrogen and oxygen atoms in total. The molecule has 1 aliphatic rings. The van der Waals surface area contributed by atoms with E-state index in [1.807, 2.05) is 19.1 Å². The number of nitrogens with one attached hydrogen (secondary N) is 2. The van der Waals surface area contributed by atoms with E-state index < -0.39 is 0 Å². The lowest BCUT2D eigenvalue weighted by molar-refractivity contribution is -0.120. The summed E-state index contributed by atoms with van der Waals surface area (Å²) >= 11 is 0. The minimum Gasteiger partial charge on any atom is -0.497 e. The molecular weight excluding hydrogens is 240 g/mol. The Kier molecular flexibility index (Phi) is 4.80. The number of carbonyl (C=O) groups is 1. The molecule has 0 bridgehead atoms. The van der Waals surface area contributed by atoms with Crippen LogP contribution in [0.15, 0.2) is 24.3 Å². The van der Waals surface area contributed by atoms with Gasteiger partial charge in [0.05, 0.1) is 13.7 Å². The van der Waals surface area contributed by atoms with Crippen molar-refractivity contribution in [2.45, 2.75) is 25.8 Å². The standard InChI is InChI=1S/C15H22N2O2/c1-3-16-14(18)10-17-15(11-4-5-11)12-6-8-13(19-2)9-7-12/h6-9,11,15,17H,3-5,10H2,1-2H3,(H,16,18). The fraction of sp³-hybridized carbons (Fsp3) is 0.533. The number of amides is 1. The summed E-state index contributed by atoms with van der Waals surface area (Å²) in [6.45, 7) is 2.98.